The molecule has 0 amide bonds. The third-order valence-corrected chi connectivity index (χ3v) is 1.08. The Morgan fingerprint density at radius 2 is 2.22 bits per heavy atom. The summed E-state index contributed by atoms with van der Waals surface area (Å²) in [6.45, 7) is 7.74. The summed E-state index contributed by atoms with van der Waals surface area (Å²) in [6.07, 6.45) is 9.08. The maximum absolute atomic E-state index is 3.61. The second kappa shape index (κ2) is 5.36. The van der Waals surface area contributed by atoms with Crippen molar-refractivity contribution >= 4 is 0 Å². The van der Waals surface area contributed by atoms with Crippen molar-refractivity contribution in [3.63, 3.8) is 0 Å². The van der Waals surface area contributed by atoms with Crippen LogP contribution in [0.5, 0.6) is 0 Å². The van der Waals surface area contributed by atoms with Gasteiger partial charge in [0.05, 0.1) is 0 Å². The van der Waals surface area contributed by atoms with Gasteiger partial charge in [0.25, 0.3) is 0 Å². The second-order valence-electron chi connectivity index (χ2n) is 2.02. The van der Waals surface area contributed by atoms with Gasteiger partial charge >= 0.3 is 0 Å². The topological polar surface area (TPSA) is 0 Å². The van der Waals surface area contributed by atoms with Crippen LogP contribution in [-0.4, -0.2) is 0 Å². The van der Waals surface area contributed by atoms with Crippen LogP contribution in [0.4, 0.5) is 0 Å². The Balaban J connectivity index is 3.61. The Labute approximate surface area is 57.6 Å². The van der Waals surface area contributed by atoms with Crippen LogP contribution in [-0.2, 0) is 0 Å². The molecule has 0 aromatic heterocycles. The summed E-state index contributed by atoms with van der Waals surface area (Å²) in [6, 6.07) is 0. The van der Waals surface area contributed by atoms with E-state index in [2.05, 4.69) is 25.7 Å². The highest BCUT2D eigenvalue weighted by atomic mass is 13.9. The Morgan fingerprint density at radius 3 is 2.67 bits per heavy atom. The van der Waals surface area contributed by atoms with E-state index in [0.717, 1.165) is 6.42 Å². The first kappa shape index (κ1) is 8.22. The largest absolute Gasteiger partial charge is 0.0991 e. The van der Waals surface area contributed by atoms with Crippen LogP contribution in [0, 0.1) is 0 Å². The van der Waals surface area contributed by atoms with Crippen LogP contribution in [0.15, 0.2) is 36.5 Å². The lowest BCUT2D eigenvalue weighted by atomic mass is 10.2. The first-order valence-corrected chi connectivity index (χ1v) is 3.20. The van der Waals surface area contributed by atoms with Gasteiger partial charge in [-0.2, -0.15) is 0 Å². The van der Waals surface area contributed by atoms with E-state index < -0.39 is 0 Å². The molecule has 0 unspecified atom stereocenters. The SMILES string of the molecule is C=C/C=C(/C)C/C=C\C. The van der Waals surface area contributed by atoms with Gasteiger partial charge in [0.1, 0.15) is 0 Å². The van der Waals surface area contributed by atoms with Crippen LogP contribution in [0.3, 0.4) is 0 Å². The minimum absolute atomic E-state index is 1.04. The molecule has 0 heteroatoms. The fraction of sp³-hybridized carbons (Fsp3) is 0.333. The molecule has 0 rings (SSSR count). The Kier molecular flexibility index (Phi) is 4.89. The maximum Gasteiger partial charge on any atom is -0.0139 e. The molecule has 9 heavy (non-hydrogen) atoms. The molecule has 50 valence electrons. The van der Waals surface area contributed by atoms with Crippen molar-refractivity contribution in [3.05, 3.63) is 36.5 Å². The molecule has 0 saturated heterocycles. The molecule has 0 N–H and O–H groups in total. The standard InChI is InChI=1S/C9H14/c1-4-6-8-9(3)7-5-2/h4-7H,2,8H2,1,3H3/b6-4-,9-7-. The van der Waals surface area contributed by atoms with E-state index in [1.165, 1.54) is 5.57 Å². The molecule has 0 aliphatic carbocycles. The van der Waals surface area contributed by atoms with E-state index in [4.69, 9.17) is 0 Å². The van der Waals surface area contributed by atoms with Crippen molar-refractivity contribution in [1.29, 1.82) is 0 Å². The lowest BCUT2D eigenvalue weighted by Crippen LogP contribution is -1.68. The maximum atomic E-state index is 3.61. The summed E-state index contributed by atoms with van der Waals surface area (Å²) in [4.78, 5) is 0. The quantitative estimate of drug-likeness (QED) is 0.398. The van der Waals surface area contributed by atoms with Gasteiger partial charge in [-0.3, -0.25) is 0 Å². The average molecular weight is 122 g/mol. The van der Waals surface area contributed by atoms with Crippen molar-refractivity contribution in [2.75, 3.05) is 0 Å². The zero-order valence-corrected chi connectivity index (χ0v) is 6.22. The third kappa shape index (κ3) is 5.09. The molecule has 0 aliphatic rings. The first-order valence-electron chi connectivity index (χ1n) is 3.20. The molecular formula is C9H14. The molecule has 0 spiro atoms. The molecule has 0 radical (unpaired) electrons. The number of hydrogen-bond acceptors (Lipinski definition) is 0. The highest BCUT2D eigenvalue weighted by Crippen LogP contribution is 1.99. The monoisotopic (exact) mass is 122 g/mol. The van der Waals surface area contributed by atoms with Gasteiger partial charge < -0.3 is 0 Å². The fourth-order valence-electron chi connectivity index (χ4n) is 0.573. The van der Waals surface area contributed by atoms with E-state index >= 15 is 0 Å². The van der Waals surface area contributed by atoms with Gasteiger partial charge in [-0.15, -0.1) is 0 Å². The summed E-state index contributed by atoms with van der Waals surface area (Å²) in [7, 11) is 0. The van der Waals surface area contributed by atoms with Crippen molar-refractivity contribution < 1.29 is 0 Å². The molecule has 0 nitrogen and oxygen atoms in total. The van der Waals surface area contributed by atoms with E-state index in [-0.39, 0.29) is 0 Å². The van der Waals surface area contributed by atoms with Gasteiger partial charge in [-0.1, -0.05) is 36.5 Å². The minimum Gasteiger partial charge on any atom is -0.0991 e. The molecule has 0 heterocycles. The molecule has 0 bridgehead atoms. The first-order chi connectivity index (χ1) is 4.31. The highest BCUT2D eigenvalue weighted by Gasteiger charge is 1.78. The van der Waals surface area contributed by atoms with Crippen molar-refractivity contribution in [2.45, 2.75) is 20.3 Å². The van der Waals surface area contributed by atoms with Crippen molar-refractivity contribution in [1.82, 2.24) is 0 Å². The predicted molar refractivity (Wildman–Crippen MR) is 43.4 cm³/mol. The van der Waals surface area contributed by atoms with E-state index in [1.807, 2.05) is 19.1 Å². The van der Waals surface area contributed by atoms with Gasteiger partial charge in [0.15, 0.2) is 0 Å². The van der Waals surface area contributed by atoms with E-state index in [9.17, 15) is 0 Å². The van der Waals surface area contributed by atoms with Crippen molar-refractivity contribution in [2.24, 2.45) is 0 Å². The van der Waals surface area contributed by atoms with Crippen molar-refractivity contribution in [3.8, 4) is 0 Å². The molecule has 0 aromatic rings. The summed E-state index contributed by atoms with van der Waals surface area (Å²) in [5.74, 6) is 0. The Morgan fingerprint density at radius 1 is 1.56 bits per heavy atom. The molecule has 0 fully saturated rings. The number of rotatable bonds is 3. The second-order valence-corrected chi connectivity index (χ2v) is 2.02. The van der Waals surface area contributed by atoms with Crippen LogP contribution in [0.2, 0.25) is 0 Å². The van der Waals surface area contributed by atoms with Gasteiger partial charge in [-0.05, 0) is 20.3 Å². The predicted octanol–water partition coefficient (Wildman–Crippen LogP) is 3.08. The fourth-order valence-corrected chi connectivity index (χ4v) is 0.573. The van der Waals surface area contributed by atoms with Crippen LogP contribution >= 0.6 is 0 Å². The summed E-state index contributed by atoms with van der Waals surface area (Å²) in [5, 5.41) is 0. The lowest BCUT2D eigenvalue weighted by molar-refractivity contribution is 1.21. The summed E-state index contributed by atoms with van der Waals surface area (Å²) in [5.41, 5.74) is 1.35. The van der Waals surface area contributed by atoms with E-state index in [1.54, 1.807) is 0 Å². The summed E-state index contributed by atoms with van der Waals surface area (Å²) >= 11 is 0. The minimum atomic E-state index is 1.04. The Bertz CT molecular complexity index is 127. The normalized spacial score (nSPS) is 12.4. The zero-order valence-electron chi connectivity index (χ0n) is 6.22. The van der Waals surface area contributed by atoms with Crippen LogP contribution < -0.4 is 0 Å². The average Bonchev–Trinajstić information content (AvgIpc) is 1.85. The molecular weight excluding hydrogens is 108 g/mol. The number of allylic oxidation sites excluding steroid dienone is 5. The molecule has 0 aliphatic heterocycles. The van der Waals surface area contributed by atoms with Crippen LogP contribution in [0.1, 0.15) is 20.3 Å². The highest BCUT2D eigenvalue weighted by molar-refractivity contribution is 5.10. The molecule has 0 atom stereocenters. The van der Waals surface area contributed by atoms with Gasteiger partial charge in [0, 0.05) is 0 Å². The van der Waals surface area contributed by atoms with Gasteiger partial charge in [0.2, 0.25) is 0 Å². The van der Waals surface area contributed by atoms with E-state index in [0.29, 0.717) is 0 Å². The molecule has 0 aromatic carbocycles. The Hall–Kier alpha value is -0.780. The zero-order chi connectivity index (χ0) is 7.11. The van der Waals surface area contributed by atoms with Crippen LogP contribution in [0.25, 0.3) is 0 Å². The lowest BCUT2D eigenvalue weighted by Gasteiger charge is -1.89. The third-order valence-electron chi connectivity index (χ3n) is 1.08. The smallest absolute Gasteiger partial charge is 0.0139 e. The van der Waals surface area contributed by atoms with Gasteiger partial charge in [-0.25, -0.2) is 0 Å². The molecule has 0 saturated carbocycles. The number of hydrogen-bond donors (Lipinski definition) is 0. The summed E-state index contributed by atoms with van der Waals surface area (Å²) < 4.78 is 0.